The van der Waals surface area contributed by atoms with Gasteiger partial charge in [0.15, 0.2) is 5.78 Å². The number of nitrogens with one attached hydrogen (secondary N) is 1. The van der Waals surface area contributed by atoms with Gasteiger partial charge in [-0.3, -0.25) is 9.59 Å². The van der Waals surface area contributed by atoms with Crippen LogP contribution in [0.3, 0.4) is 0 Å². The molecule has 280 valence electrons. The summed E-state index contributed by atoms with van der Waals surface area (Å²) in [7, 11) is -4.09. The maximum atomic E-state index is 14.3. The zero-order valence-corrected chi connectivity index (χ0v) is 31.5. The van der Waals surface area contributed by atoms with Crippen LogP contribution in [0.4, 0.5) is 4.79 Å². The van der Waals surface area contributed by atoms with Gasteiger partial charge in [0.05, 0.1) is 29.3 Å². The molecule has 3 atom stereocenters. The maximum Gasteiger partial charge on any atom is 0.321 e. The molecule has 1 aliphatic heterocycles. The Kier molecular flexibility index (Phi) is 13.4. The first-order valence-corrected chi connectivity index (χ1v) is 18.9. The van der Waals surface area contributed by atoms with Crippen LogP contribution in [-0.2, 0) is 34.3 Å². The number of amides is 3. The lowest BCUT2D eigenvalue weighted by Crippen LogP contribution is -2.59. The van der Waals surface area contributed by atoms with Crippen molar-refractivity contribution in [2.45, 2.75) is 84.1 Å². The highest BCUT2D eigenvalue weighted by Crippen LogP contribution is 2.29. The van der Waals surface area contributed by atoms with E-state index in [2.05, 4.69) is 15.5 Å². The number of sulfonamides is 1. The van der Waals surface area contributed by atoms with Gasteiger partial charge in [-0.1, -0.05) is 88.3 Å². The molecule has 2 heterocycles. The Hall–Kier alpha value is -4.53. The zero-order chi connectivity index (χ0) is 38.2. The molecule has 52 heavy (non-hydrogen) atoms. The molecule has 0 unspecified atom stereocenters. The molecule has 3 amide bonds. The minimum absolute atomic E-state index is 0.00626. The quantitative estimate of drug-likeness (QED) is 0.149. The maximum absolute atomic E-state index is 14.3. The summed E-state index contributed by atoms with van der Waals surface area (Å²) in [6, 6.07) is 18.0. The third kappa shape index (κ3) is 10.3. The number of hydrogen-bond donors (Lipinski definition) is 2. The van der Waals surface area contributed by atoms with Crippen molar-refractivity contribution in [1.82, 2.24) is 24.4 Å². The standard InChI is InChI=1S/C38H50N6O7S/c1-26(2)23-43(52(50,51)31-17-15-29(16-18-31)22-39-49)25-34(46)33(21-28-11-8-7-9-12-28)41-36(47)35(38(4,5)6)44-20-19-42(37(44)48)24-30-13-10-14-32(40-30)27(3)45/h7-18,26,33-35,46H,19-25H2,1-6H3,(H,41,47)/t33-,34+,35+/m0/s1. The van der Waals surface area contributed by atoms with Crippen LogP contribution in [0.2, 0.25) is 0 Å². The third-order valence-electron chi connectivity index (χ3n) is 8.89. The van der Waals surface area contributed by atoms with E-state index < -0.39 is 39.5 Å². The summed E-state index contributed by atoms with van der Waals surface area (Å²) in [5.41, 5.74) is 1.53. The molecule has 0 bridgehead atoms. The molecule has 2 N–H and O–H groups in total. The number of carbonyl (C=O) groups is 3. The molecule has 4 rings (SSSR count). The van der Waals surface area contributed by atoms with Crippen molar-refractivity contribution in [3.63, 3.8) is 0 Å². The minimum Gasteiger partial charge on any atom is -0.390 e. The van der Waals surface area contributed by atoms with Crippen LogP contribution in [0.5, 0.6) is 0 Å². The Morgan fingerprint density at radius 3 is 2.23 bits per heavy atom. The molecular weight excluding hydrogens is 685 g/mol. The van der Waals surface area contributed by atoms with Gasteiger partial charge >= 0.3 is 6.03 Å². The number of ketones is 1. The van der Waals surface area contributed by atoms with Crippen LogP contribution >= 0.6 is 0 Å². The van der Waals surface area contributed by atoms with E-state index in [1.165, 1.54) is 40.4 Å². The van der Waals surface area contributed by atoms with Crippen molar-refractivity contribution in [2.24, 2.45) is 16.5 Å². The highest BCUT2D eigenvalue weighted by molar-refractivity contribution is 7.89. The van der Waals surface area contributed by atoms with Gasteiger partial charge in [-0.05, 0) is 53.1 Å². The Bertz CT molecular complexity index is 1810. The normalized spacial score (nSPS) is 15.5. The molecule has 1 saturated heterocycles. The first kappa shape index (κ1) is 40.2. The lowest BCUT2D eigenvalue weighted by atomic mass is 9.84. The summed E-state index contributed by atoms with van der Waals surface area (Å²) >= 11 is 0. The van der Waals surface area contributed by atoms with Crippen molar-refractivity contribution in [3.05, 3.63) is 100 Å². The predicted molar refractivity (Wildman–Crippen MR) is 198 cm³/mol. The van der Waals surface area contributed by atoms with Crippen LogP contribution in [0.1, 0.15) is 68.9 Å². The fourth-order valence-corrected chi connectivity index (χ4v) is 7.99. The van der Waals surface area contributed by atoms with E-state index >= 15 is 0 Å². The van der Waals surface area contributed by atoms with E-state index in [1.54, 1.807) is 23.1 Å². The summed E-state index contributed by atoms with van der Waals surface area (Å²) in [6.07, 6.45) is -1.13. The van der Waals surface area contributed by atoms with Crippen LogP contribution in [0.25, 0.3) is 0 Å². The number of carbonyl (C=O) groups excluding carboxylic acids is 3. The number of Topliss-reactive ketones (excluding diaryl/α,β-unsaturated/α-hetero) is 1. The van der Waals surface area contributed by atoms with Crippen molar-refractivity contribution < 1.29 is 27.9 Å². The second-order valence-corrected chi connectivity index (χ2v) is 16.7. The van der Waals surface area contributed by atoms with Crippen molar-refractivity contribution in [2.75, 3.05) is 26.2 Å². The van der Waals surface area contributed by atoms with Crippen molar-refractivity contribution in [3.8, 4) is 0 Å². The van der Waals surface area contributed by atoms with Gasteiger partial charge in [0, 0.05) is 33.1 Å². The number of benzene rings is 2. The zero-order valence-electron chi connectivity index (χ0n) is 30.7. The number of aromatic nitrogens is 1. The lowest BCUT2D eigenvalue weighted by Gasteiger charge is -2.38. The van der Waals surface area contributed by atoms with Crippen molar-refractivity contribution >= 4 is 27.7 Å². The molecule has 1 fully saturated rings. The number of nitroso groups, excluding NO2 is 1. The van der Waals surface area contributed by atoms with Crippen LogP contribution in [0.15, 0.2) is 82.9 Å². The highest BCUT2D eigenvalue weighted by atomic mass is 32.2. The minimum atomic E-state index is -4.09. The summed E-state index contributed by atoms with van der Waals surface area (Å²) in [4.78, 5) is 58.2. The van der Waals surface area contributed by atoms with E-state index in [-0.39, 0.29) is 61.8 Å². The summed E-state index contributed by atoms with van der Waals surface area (Å²) in [5.74, 6) is -0.741. The largest absolute Gasteiger partial charge is 0.390 e. The summed E-state index contributed by atoms with van der Waals surface area (Å²) in [6.45, 7) is 11.3. The van der Waals surface area contributed by atoms with Crippen LogP contribution < -0.4 is 5.32 Å². The molecular formula is C38H50N6O7S. The summed E-state index contributed by atoms with van der Waals surface area (Å²) in [5, 5.41) is 17.7. The molecule has 0 spiro atoms. The Labute approximate surface area is 306 Å². The third-order valence-corrected chi connectivity index (χ3v) is 10.7. The fourth-order valence-electron chi connectivity index (χ4n) is 6.37. The number of urea groups is 1. The van der Waals surface area contributed by atoms with Crippen LogP contribution in [0, 0.1) is 16.2 Å². The van der Waals surface area contributed by atoms with E-state index in [0.717, 1.165) is 5.56 Å². The first-order valence-electron chi connectivity index (χ1n) is 17.4. The monoisotopic (exact) mass is 734 g/mol. The second-order valence-electron chi connectivity index (χ2n) is 14.8. The van der Waals surface area contributed by atoms with Gasteiger partial charge in [0.25, 0.3) is 0 Å². The molecule has 14 heteroatoms. The molecule has 1 aliphatic rings. The van der Waals surface area contributed by atoms with E-state index in [9.17, 15) is 32.8 Å². The van der Waals surface area contributed by atoms with Gasteiger partial charge in [0.1, 0.15) is 18.3 Å². The highest BCUT2D eigenvalue weighted by Gasteiger charge is 2.44. The van der Waals surface area contributed by atoms with Gasteiger partial charge in [-0.15, -0.1) is 0 Å². The van der Waals surface area contributed by atoms with Gasteiger partial charge in [0.2, 0.25) is 15.9 Å². The Morgan fingerprint density at radius 1 is 0.962 bits per heavy atom. The SMILES string of the molecule is CC(=O)c1cccc(CN2CCN([C@H](C(=O)N[C@@H](Cc3ccccc3)[C@H](O)CN(CC(C)C)S(=O)(=O)c3ccc(CN=O)cc3)C(C)(C)C)C2=O)n1. The smallest absolute Gasteiger partial charge is 0.321 e. The Morgan fingerprint density at radius 2 is 1.63 bits per heavy atom. The average molecular weight is 735 g/mol. The molecule has 0 saturated carbocycles. The number of aliphatic hydroxyl groups is 1. The predicted octanol–water partition coefficient (Wildman–Crippen LogP) is 4.64. The summed E-state index contributed by atoms with van der Waals surface area (Å²) < 4.78 is 29.0. The van der Waals surface area contributed by atoms with Gasteiger partial charge in [-0.25, -0.2) is 18.2 Å². The van der Waals surface area contributed by atoms with E-state index in [0.29, 0.717) is 23.5 Å². The van der Waals surface area contributed by atoms with Gasteiger partial charge < -0.3 is 20.2 Å². The molecule has 13 nitrogen and oxygen atoms in total. The van der Waals surface area contributed by atoms with Gasteiger partial charge in [-0.2, -0.15) is 9.21 Å². The first-order chi connectivity index (χ1) is 24.5. The second kappa shape index (κ2) is 17.3. The van der Waals surface area contributed by atoms with Crippen LogP contribution in [-0.4, -0.2) is 94.7 Å². The fraction of sp³-hybridized carbons (Fsp3) is 0.474. The van der Waals surface area contributed by atoms with E-state index in [1.807, 2.05) is 65.0 Å². The average Bonchev–Trinajstić information content (AvgIpc) is 3.42. The molecule has 1 aromatic heterocycles. The number of hydrogen-bond acceptors (Lipinski definition) is 9. The van der Waals surface area contributed by atoms with E-state index in [4.69, 9.17) is 0 Å². The molecule has 0 aliphatic carbocycles. The number of pyridine rings is 1. The number of nitrogens with zero attached hydrogens (tertiary/aromatic N) is 5. The Balaban J connectivity index is 1.59. The lowest BCUT2D eigenvalue weighted by molar-refractivity contribution is -0.130. The topological polar surface area (TPSA) is 170 Å². The number of aliphatic hydroxyl groups excluding tert-OH is 1. The molecule has 3 aromatic rings. The number of rotatable bonds is 17. The molecule has 0 radical (unpaired) electrons. The molecule has 2 aromatic carbocycles. The van der Waals surface area contributed by atoms with Crippen molar-refractivity contribution in [1.29, 1.82) is 0 Å².